The average Bonchev–Trinajstić information content (AvgIpc) is 3.04. The second kappa shape index (κ2) is 7.23. The van der Waals surface area contributed by atoms with Gasteiger partial charge in [-0.3, -0.25) is 4.90 Å². The van der Waals surface area contributed by atoms with Crippen LogP contribution in [0.3, 0.4) is 0 Å². The zero-order valence-electron chi connectivity index (χ0n) is 14.3. The van der Waals surface area contributed by atoms with Gasteiger partial charge in [0, 0.05) is 25.6 Å². The third kappa shape index (κ3) is 3.79. The van der Waals surface area contributed by atoms with Crippen LogP contribution >= 0.6 is 0 Å². The van der Waals surface area contributed by atoms with E-state index in [1.54, 1.807) is 6.33 Å². The fraction of sp³-hybridized carbons (Fsp3) is 0.556. The summed E-state index contributed by atoms with van der Waals surface area (Å²) in [4.78, 5) is 6.99. The van der Waals surface area contributed by atoms with E-state index < -0.39 is 0 Å². The highest BCUT2D eigenvalue weighted by Crippen LogP contribution is 2.18. The van der Waals surface area contributed by atoms with Gasteiger partial charge in [0.1, 0.15) is 12.2 Å². The van der Waals surface area contributed by atoms with Crippen molar-refractivity contribution in [2.24, 2.45) is 0 Å². The van der Waals surface area contributed by atoms with Crippen LogP contribution in [0.25, 0.3) is 5.69 Å². The number of nitrogens with zero attached hydrogens (tertiary/aromatic N) is 4. The molecule has 23 heavy (non-hydrogen) atoms. The Hall–Kier alpha value is -1.72. The summed E-state index contributed by atoms with van der Waals surface area (Å²) in [7, 11) is 0. The maximum absolute atomic E-state index is 5.43. The van der Waals surface area contributed by atoms with E-state index >= 15 is 0 Å². The molecule has 2 aromatic rings. The minimum absolute atomic E-state index is 0.544. The van der Waals surface area contributed by atoms with Crippen molar-refractivity contribution in [3.05, 3.63) is 41.5 Å². The van der Waals surface area contributed by atoms with E-state index in [4.69, 9.17) is 4.74 Å². The predicted molar refractivity (Wildman–Crippen MR) is 91.0 cm³/mol. The minimum atomic E-state index is 0.544. The molecule has 1 saturated heterocycles. The first-order valence-electron chi connectivity index (χ1n) is 8.43. The van der Waals surface area contributed by atoms with Crippen molar-refractivity contribution < 1.29 is 4.74 Å². The lowest BCUT2D eigenvalue weighted by Gasteiger charge is -2.32. The van der Waals surface area contributed by atoms with Crippen LogP contribution in [0.1, 0.15) is 30.3 Å². The summed E-state index contributed by atoms with van der Waals surface area (Å²) < 4.78 is 7.43. The van der Waals surface area contributed by atoms with Crippen molar-refractivity contribution in [2.75, 3.05) is 26.3 Å². The molecule has 1 aliphatic heterocycles. The number of ether oxygens (including phenoxy) is 1. The molecule has 2 heterocycles. The molecule has 0 saturated carbocycles. The molecule has 0 aliphatic carbocycles. The normalized spacial score (nSPS) is 17.3. The summed E-state index contributed by atoms with van der Waals surface area (Å²) >= 11 is 0. The Labute approximate surface area is 138 Å². The summed E-state index contributed by atoms with van der Waals surface area (Å²) in [6.45, 7) is 10.3. The molecule has 0 N–H and O–H groups in total. The molecule has 1 aromatic heterocycles. The number of morpholine rings is 1. The Balaban J connectivity index is 1.70. The van der Waals surface area contributed by atoms with Gasteiger partial charge >= 0.3 is 0 Å². The van der Waals surface area contributed by atoms with E-state index in [9.17, 15) is 0 Å². The van der Waals surface area contributed by atoms with E-state index in [1.165, 1.54) is 11.1 Å². The van der Waals surface area contributed by atoms with Crippen molar-refractivity contribution in [2.45, 2.75) is 39.7 Å². The smallest absolute Gasteiger partial charge is 0.138 e. The molecule has 5 nitrogen and oxygen atoms in total. The molecule has 5 heteroatoms. The van der Waals surface area contributed by atoms with Crippen LogP contribution in [-0.2, 0) is 11.2 Å². The molecule has 0 amide bonds. The number of hydrogen-bond acceptors (Lipinski definition) is 4. The zero-order valence-corrected chi connectivity index (χ0v) is 14.3. The Morgan fingerprint density at radius 2 is 2.00 bits per heavy atom. The lowest BCUT2D eigenvalue weighted by atomic mass is 10.1. The summed E-state index contributed by atoms with van der Waals surface area (Å²) in [5, 5.41) is 4.45. The standard InChI is InChI=1S/C18H26N4O/c1-14-4-5-15(2)17(12-14)22-18(19-13-20-22)7-6-16(3)21-8-10-23-11-9-21/h4-5,12-13,16H,6-11H2,1-3H3/t16-/m0/s1. The molecule has 0 spiro atoms. The number of rotatable bonds is 5. The van der Waals surface area contributed by atoms with Crippen LogP contribution in [0.2, 0.25) is 0 Å². The third-order valence-electron chi connectivity index (χ3n) is 4.67. The Morgan fingerprint density at radius 1 is 1.22 bits per heavy atom. The van der Waals surface area contributed by atoms with Crippen LogP contribution in [0.4, 0.5) is 0 Å². The van der Waals surface area contributed by atoms with Gasteiger partial charge in [0.05, 0.1) is 18.9 Å². The third-order valence-corrected chi connectivity index (χ3v) is 4.67. The first-order valence-corrected chi connectivity index (χ1v) is 8.43. The monoisotopic (exact) mass is 314 g/mol. The highest BCUT2D eigenvalue weighted by Gasteiger charge is 2.18. The number of hydrogen-bond donors (Lipinski definition) is 0. The molecule has 0 bridgehead atoms. The fourth-order valence-corrected chi connectivity index (χ4v) is 3.12. The van der Waals surface area contributed by atoms with E-state index in [0.717, 1.165) is 50.7 Å². The highest BCUT2D eigenvalue weighted by molar-refractivity contribution is 5.42. The zero-order chi connectivity index (χ0) is 16.2. The Morgan fingerprint density at radius 3 is 2.78 bits per heavy atom. The van der Waals surface area contributed by atoms with E-state index in [-0.39, 0.29) is 0 Å². The van der Waals surface area contributed by atoms with E-state index in [2.05, 4.69) is 54.0 Å². The summed E-state index contributed by atoms with van der Waals surface area (Å²) in [6, 6.07) is 7.00. The number of benzene rings is 1. The fourth-order valence-electron chi connectivity index (χ4n) is 3.12. The lowest BCUT2D eigenvalue weighted by Crippen LogP contribution is -2.42. The van der Waals surface area contributed by atoms with Crippen LogP contribution in [-0.4, -0.2) is 52.0 Å². The Kier molecular flexibility index (Phi) is 5.08. The topological polar surface area (TPSA) is 43.2 Å². The summed E-state index contributed by atoms with van der Waals surface area (Å²) in [5.74, 6) is 1.04. The maximum atomic E-state index is 5.43. The lowest BCUT2D eigenvalue weighted by molar-refractivity contribution is 0.0186. The molecule has 3 rings (SSSR count). The SMILES string of the molecule is Cc1ccc(C)c(-n2ncnc2CC[C@H](C)N2CCOCC2)c1. The summed E-state index contributed by atoms with van der Waals surface area (Å²) in [5.41, 5.74) is 3.61. The van der Waals surface area contributed by atoms with Gasteiger partial charge in [0.15, 0.2) is 0 Å². The first-order chi connectivity index (χ1) is 11.1. The van der Waals surface area contributed by atoms with Gasteiger partial charge in [0.2, 0.25) is 0 Å². The summed E-state index contributed by atoms with van der Waals surface area (Å²) in [6.07, 6.45) is 3.69. The molecule has 1 aromatic carbocycles. The van der Waals surface area contributed by atoms with Gasteiger partial charge in [-0.1, -0.05) is 12.1 Å². The molecule has 0 radical (unpaired) electrons. The van der Waals surface area contributed by atoms with Crippen LogP contribution in [0.5, 0.6) is 0 Å². The highest BCUT2D eigenvalue weighted by atomic mass is 16.5. The van der Waals surface area contributed by atoms with Crippen molar-refractivity contribution >= 4 is 0 Å². The van der Waals surface area contributed by atoms with E-state index in [1.807, 2.05) is 4.68 Å². The van der Waals surface area contributed by atoms with Gasteiger partial charge in [-0.2, -0.15) is 5.10 Å². The predicted octanol–water partition coefficient (Wildman–Crippen LogP) is 2.54. The molecule has 124 valence electrons. The van der Waals surface area contributed by atoms with Crippen molar-refractivity contribution in [3.8, 4) is 5.69 Å². The van der Waals surface area contributed by atoms with Gasteiger partial charge in [-0.15, -0.1) is 0 Å². The quantitative estimate of drug-likeness (QED) is 0.850. The Bertz CT molecular complexity index is 646. The molecule has 0 unspecified atom stereocenters. The number of aromatic nitrogens is 3. The van der Waals surface area contributed by atoms with Crippen molar-refractivity contribution in [1.29, 1.82) is 0 Å². The van der Waals surface area contributed by atoms with Gasteiger partial charge in [-0.05, 0) is 44.4 Å². The average molecular weight is 314 g/mol. The molecule has 1 aliphatic rings. The van der Waals surface area contributed by atoms with Gasteiger partial charge < -0.3 is 4.74 Å². The van der Waals surface area contributed by atoms with Gasteiger partial charge in [-0.25, -0.2) is 9.67 Å². The second-order valence-electron chi connectivity index (χ2n) is 6.41. The minimum Gasteiger partial charge on any atom is -0.379 e. The van der Waals surface area contributed by atoms with Gasteiger partial charge in [0.25, 0.3) is 0 Å². The second-order valence-corrected chi connectivity index (χ2v) is 6.41. The van der Waals surface area contributed by atoms with E-state index in [0.29, 0.717) is 6.04 Å². The molecule has 1 fully saturated rings. The molecule has 1 atom stereocenters. The van der Waals surface area contributed by atoms with Crippen LogP contribution < -0.4 is 0 Å². The largest absolute Gasteiger partial charge is 0.379 e. The maximum Gasteiger partial charge on any atom is 0.138 e. The molecular weight excluding hydrogens is 288 g/mol. The van der Waals surface area contributed by atoms with Crippen LogP contribution in [0.15, 0.2) is 24.5 Å². The van der Waals surface area contributed by atoms with Crippen LogP contribution in [0, 0.1) is 13.8 Å². The number of aryl methyl sites for hydroxylation is 3. The van der Waals surface area contributed by atoms with Crippen molar-refractivity contribution in [3.63, 3.8) is 0 Å². The first kappa shape index (κ1) is 16.1. The molecular formula is C18H26N4O. The van der Waals surface area contributed by atoms with Crippen molar-refractivity contribution in [1.82, 2.24) is 19.7 Å².